The van der Waals surface area contributed by atoms with Crippen LogP contribution in [0.1, 0.15) is 55.0 Å². The quantitative estimate of drug-likeness (QED) is 0.188. The first-order valence-electron chi connectivity index (χ1n) is 12.1. The Balaban J connectivity index is 1.62. The molecular formula is C31H34O5. The van der Waals surface area contributed by atoms with E-state index in [2.05, 4.69) is 0 Å². The van der Waals surface area contributed by atoms with Crippen LogP contribution in [-0.4, -0.2) is 19.0 Å². The normalized spacial score (nSPS) is 11.4. The molecule has 0 aromatic heterocycles. The number of esters is 2. The molecule has 5 heteroatoms. The van der Waals surface area contributed by atoms with Crippen LogP contribution in [0.25, 0.3) is 6.08 Å². The van der Waals surface area contributed by atoms with Crippen molar-refractivity contribution in [3.8, 4) is 17.2 Å². The average molecular weight is 487 g/mol. The van der Waals surface area contributed by atoms with Gasteiger partial charge in [-0.1, -0.05) is 43.3 Å². The van der Waals surface area contributed by atoms with Gasteiger partial charge in [-0.25, -0.2) is 4.79 Å². The van der Waals surface area contributed by atoms with Crippen molar-refractivity contribution >= 4 is 18.0 Å². The molecule has 0 aliphatic carbocycles. The van der Waals surface area contributed by atoms with Gasteiger partial charge in [0.25, 0.3) is 0 Å². The van der Waals surface area contributed by atoms with Gasteiger partial charge in [0.2, 0.25) is 0 Å². The van der Waals surface area contributed by atoms with Gasteiger partial charge >= 0.3 is 11.9 Å². The van der Waals surface area contributed by atoms with Crippen LogP contribution in [0, 0.1) is 19.3 Å². The van der Waals surface area contributed by atoms with E-state index in [0.29, 0.717) is 24.3 Å². The third-order valence-electron chi connectivity index (χ3n) is 6.26. The number of rotatable bonds is 9. The largest absolute Gasteiger partial charge is 0.497 e. The van der Waals surface area contributed by atoms with E-state index in [1.165, 1.54) is 6.08 Å². The Morgan fingerprint density at radius 3 is 1.89 bits per heavy atom. The zero-order valence-corrected chi connectivity index (χ0v) is 21.9. The maximum atomic E-state index is 12.4. The number of aryl methyl sites for hydroxylation is 2. The molecule has 0 amide bonds. The van der Waals surface area contributed by atoms with Crippen molar-refractivity contribution < 1.29 is 23.8 Å². The highest BCUT2D eigenvalue weighted by atomic mass is 16.5. The second-order valence-electron chi connectivity index (χ2n) is 9.53. The SMILES string of the molecule is CCC(C)(C)C(=O)Oc1ccc(Cc2ccc(OC(=O)/C=C/c3ccc(OC)cc3)c(C)c2)cc1C. The summed E-state index contributed by atoms with van der Waals surface area (Å²) in [5, 5.41) is 0. The number of carbonyl (C=O) groups is 2. The van der Waals surface area contributed by atoms with Crippen LogP contribution < -0.4 is 14.2 Å². The van der Waals surface area contributed by atoms with Gasteiger partial charge in [0.05, 0.1) is 12.5 Å². The molecular weight excluding hydrogens is 452 g/mol. The minimum absolute atomic E-state index is 0.222. The van der Waals surface area contributed by atoms with Crippen LogP contribution in [0.4, 0.5) is 0 Å². The van der Waals surface area contributed by atoms with E-state index < -0.39 is 11.4 Å². The van der Waals surface area contributed by atoms with E-state index in [0.717, 1.165) is 33.6 Å². The first-order chi connectivity index (χ1) is 17.1. The van der Waals surface area contributed by atoms with Gasteiger partial charge in [0.1, 0.15) is 17.2 Å². The molecule has 0 unspecified atom stereocenters. The Morgan fingerprint density at radius 1 is 0.833 bits per heavy atom. The zero-order valence-electron chi connectivity index (χ0n) is 21.9. The fourth-order valence-corrected chi connectivity index (χ4v) is 3.51. The van der Waals surface area contributed by atoms with Crippen molar-refractivity contribution in [1.82, 2.24) is 0 Å². The molecule has 0 bridgehead atoms. The number of ether oxygens (including phenoxy) is 3. The average Bonchev–Trinajstić information content (AvgIpc) is 2.86. The monoisotopic (exact) mass is 486 g/mol. The fourth-order valence-electron chi connectivity index (χ4n) is 3.51. The summed E-state index contributed by atoms with van der Waals surface area (Å²) in [4.78, 5) is 24.7. The maximum Gasteiger partial charge on any atom is 0.336 e. The van der Waals surface area contributed by atoms with Gasteiger partial charge in [-0.3, -0.25) is 4.79 Å². The molecule has 0 heterocycles. The van der Waals surface area contributed by atoms with E-state index >= 15 is 0 Å². The molecule has 0 spiro atoms. The molecule has 0 aliphatic rings. The molecule has 0 aliphatic heterocycles. The number of benzene rings is 3. The number of hydrogen-bond acceptors (Lipinski definition) is 5. The van der Waals surface area contributed by atoms with Gasteiger partial charge in [-0.2, -0.15) is 0 Å². The minimum atomic E-state index is -0.515. The van der Waals surface area contributed by atoms with E-state index in [9.17, 15) is 9.59 Å². The van der Waals surface area contributed by atoms with Gasteiger partial charge in [-0.15, -0.1) is 0 Å². The lowest BCUT2D eigenvalue weighted by atomic mass is 9.90. The molecule has 188 valence electrons. The highest BCUT2D eigenvalue weighted by molar-refractivity contribution is 5.88. The molecule has 5 nitrogen and oxygen atoms in total. The molecule has 3 rings (SSSR count). The Hall–Kier alpha value is -3.86. The molecule has 0 saturated heterocycles. The number of carbonyl (C=O) groups excluding carboxylic acids is 2. The summed E-state index contributed by atoms with van der Waals surface area (Å²) < 4.78 is 16.3. The third kappa shape index (κ3) is 7.08. The lowest BCUT2D eigenvalue weighted by molar-refractivity contribution is -0.144. The van der Waals surface area contributed by atoms with E-state index in [4.69, 9.17) is 14.2 Å². The summed E-state index contributed by atoms with van der Waals surface area (Å²) in [7, 11) is 1.61. The van der Waals surface area contributed by atoms with E-state index in [1.54, 1.807) is 13.2 Å². The zero-order chi connectivity index (χ0) is 26.3. The predicted molar refractivity (Wildman–Crippen MR) is 143 cm³/mol. The van der Waals surface area contributed by atoms with E-state index in [-0.39, 0.29) is 5.97 Å². The van der Waals surface area contributed by atoms with Crippen LogP contribution in [-0.2, 0) is 16.0 Å². The van der Waals surface area contributed by atoms with Gasteiger partial charge in [0.15, 0.2) is 0 Å². The Morgan fingerprint density at radius 2 is 1.39 bits per heavy atom. The number of methoxy groups -OCH3 is 1. The first-order valence-corrected chi connectivity index (χ1v) is 12.1. The second-order valence-corrected chi connectivity index (χ2v) is 9.53. The summed E-state index contributed by atoms with van der Waals surface area (Å²) in [5.74, 6) is 1.22. The van der Waals surface area contributed by atoms with Crippen LogP contribution in [0.5, 0.6) is 17.2 Å². The second kappa shape index (κ2) is 11.7. The van der Waals surface area contributed by atoms with Crippen molar-refractivity contribution in [2.45, 2.75) is 47.5 Å². The molecule has 0 N–H and O–H groups in total. The Kier molecular flexibility index (Phi) is 8.70. The van der Waals surface area contributed by atoms with Crippen molar-refractivity contribution in [3.05, 3.63) is 94.6 Å². The standard InChI is InChI=1S/C31H34O5/c1-7-31(4,5)30(33)36-28-16-11-25(19-22(28)3)20-24-10-15-27(21(2)18-24)35-29(32)17-12-23-8-13-26(34-6)14-9-23/h8-19H,7,20H2,1-6H3/b17-12+. The van der Waals surface area contributed by atoms with Crippen LogP contribution in [0.15, 0.2) is 66.7 Å². The number of hydrogen-bond donors (Lipinski definition) is 0. The highest BCUT2D eigenvalue weighted by Crippen LogP contribution is 2.27. The molecule has 3 aromatic carbocycles. The summed E-state index contributed by atoms with van der Waals surface area (Å²) >= 11 is 0. The maximum absolute atomic E-state index is 12.4. The van der Waals surface area contributed by atoms with Crippen LogP contribution in [0.3, 0.4) is 0 Å². The van der Waals surface area contributed by atoms with Crippen molar-refractivity contribution in [1.29, 1.82) is 0 Å². The lowest BCUT2D eigenvalue weighted by Crippen LogP contribution is -2.28. The van der Waals surface area contributed by atoms with Gasteiger partial charge in [0, 0.05) is 6.08 Å². The summed E-state index contributed by atoms with van der Waals surface area (Å²) in [5.41, 5.74) is 4.36. The molecule has 0 radical (unpaired) electrons. The first kappa shape index (κ1) is 26.7. The highest BCUT2D eigenvalue weighted by Gasteiger charge is 2.28. The van der Waals surface area contributed by atoms with Crippen molar-refractivity contribution in [2.75, 3.05) is 7.11 Å². The van der Waals surface area contributed by atoms with Gasteiger partial charge in [-0.05, 0) is 98.7 Å². The molecule has 3 aromatic rings. The topological polar surface area (TPSA) is 61.8 Å². The molecule has 36 heavy (non-hydrogen) atoms. The Labute approximate surface area is 213 Å². The van der Waals surface area contributed by atoms with Crippen LogP contribution >= 0.6 is 0 Å². The summed E-state index contributed by atoms with van der Waals surface area (Å²) in [6, 6.07) is 19.1. The minimum Gasteiger partial charge on any atom is -0.497 e. The smallest absolute Gasteiger partial charge is 0.336 e. The fraction of sp³-hybridized carbons (Fsp3) is 0.290. The summed E-state index contributed by atoms with van der Waals surface area (Å²) in [6.45, 7) is 9.62. The molecule has 0 fully saturated rings. The van der Waals surface area contributed by atoms with Crippen LogP contribution in [0.2, 0.25) is 0 Å². The molecule has 0 saturated carbocycles. The Bertz CT molecular complexity index is 1250. The van der Waals surface area contributed by atoms with Crippen molar-refractivity contribution in [3.63, 3.8) is 0 Å². The van der Waals surface area contributed by atoms with E-state index in [1.807, 2.05) is 95.3 Å². The molecule has 0 atom stereocenters. The van der Waals surface area contributed by atoms with Gasteiger partial charge < -0.3 is 14.2 Å². The third-order valence-corrected chi connectivity index (χ3v) is 6.26. The lowest BCUT2D eigenvalue weighted by Gasteiger charge is -2.21. The predicted octanol–water partition coefficient (Wildman–Crippen LogP) is 6.86. The van der Waals surface area contributed by atoms with Crippen molar-refractivity contribution in [2.24, 2.45) is 5.41 Å². The summed E-state index contributed by atoms with van der Waals surface area (Å²) in [6.07, 6.45) is 4.54.